The van der Waals surface area contributed by atoms with Gasteiger partial charge in [0.15, 0.2) is 5.69 Å². The first-order valence-corrected chi connectivity index (χ1v) is 6.45. The number of esters is 1. The first-order chi connectivity index (χ1) is 9.29. The maximum absolute atomic E-state index is 12.2. The van der Waals surface area contributed by atoms with E-state index < -0.39 is 0 Å². The summed E-state index contributed by atoms with van der Waals surface area (Å²) >= 11 is 0. The van der Waals surface area contributed by atoms with E-state index in [1.54, 1.807) is 23.9 Å². The fourth-order valence-electron chi connectivity index (χ4n) is 2.58. The van der Waals surface area contributed by atoms with Gasteiger partial charge in [-0.05, 0) is 31.4 Å². The number of fused-ring (bicyclic) bond motifs is 1. The Labute approximate surface area is 111 Å². The van der Waals surface area contributed by atoms with E-state index in [1.807, 2.05) is 18.2 Å². The lowest BCUT2D eigenvalue weighted by atomic mass is 10.2. The molecule has 1 aliphatic carbocycles. The SMILES string of the molecule is COC1CCCC1OC(=O)c1cnc2ccccn12. The van der Waals surface area contributed by atoms with E-state index in [0.29, 0.717) is 5.69 Å². The minimum absolute atomic E-state index is 0.0168. The normalized spacial score (nSPS) is 22.8. The van der Waals surface area contributed by atoms with Crippen molar-refractivity contribution in [2.45, 2.75) is 31.5 Å². The Hall–Kier alpha value is -1.88. The molecule has 1 saturated carbocycles. The van der Waals surface area contributed by atoms with Crippen molar-refractivity contribution >= 4 is 11.6 Å². The molecule has 0 amide bonds. The van der Waals surface area contributed by atoms with Crippen LogP contribution in [0.4, 0.5) is 0 Å². The van der Waals surface area contributed by atoms with Gasteiger partial charge in [0.05, 0.1) is 12.3 Å². The van der Waals surface area contributed by atoms with Crippen molar-refractivity contribution < 1.29 is 14.3 Å². The molecule has 0 saturated heterocycles. The molecule has 0 aliphatic heterocycles. The monoisotopic (exact) mass is 260 g/mol. The van der Waals surface area contributed by atoms with Crippen LogP contribution in [0.2, 0.25) is 0 Å². The van der Waals surface area contributed by atoms with Crippen molar-refractivity contribution in [1.82, 2.24) is 9.38 Å². The number of nitrogens with zero attached hydrogens (tertiary/aromatic N) is 2. The maximum atomic E-state index is 12.2. The second-order valence-corrected chi connectivity index (χ2v) is 4.72. The fourth-order valence-corrected chi connectivity index (χ4v) is 2.58. The molecule has 2 aromatic rings. The molecule has 2 unspecified atom stereocenters. The summed E-state index contributed by atoms with van der Waals surface area (Å²) in [5.74, 6) is -0.340. The first-order valence-electron chi connectivity index (χ1n) is 6.45. The molecule has 2 aromatic heterocycles. The Balaban J connectivity index is 1.80. The van der Waals surface area contributed by atoms with Crippen LogP contribution < -0.4 is 0 Å². The van der Waals surface area contributed by atoms with Crippen molar-refractivity contribution in [3.05, 3.63) is 36.3 Å². The van der Waals surface area contributed by atoms with E-state index in [1.165, 1.54) is 0 Å². The third kappa shape index (κ3) is 2.21. The number of imidazole rings is 1. The van der Waals surface area contributed by atoms with Crippen molar-refractivity contribution in [3.63, 3.8) is 0 Å². The van der Waals surface area contributed by atoms with Gasteiger partial charge in [0.1, 0.15) is 11.8 Å². The second kappa shape index (κ2) is 5.01. The lowest BCUT2D eigenvalue weighted by Gasteiger charge is -2.18. The highest BCUT2D eigenvalue weighted by Gasteiger charge is 2.31. The van der Waals surface area contributed by atoms with Gasteiger partial charge in [-0.3, -0.25) is 4.40 Å². The summed E-state index contributed by atoms with van der Waals surface area (Å²) in [6.07, 6.45) is 6.07. The number of carbonyl (C=O) groups is 1. The summed E-state index contributed by atoms with van der Waals surface area (Å²) in [5.41, 5.74) is 1.20. The highest BCUT2D eigenvalue weighted by molar-refractivity contribution is 5.88. The summed E-state index contributed by atoms with van der Waals surface area (Å²) in [4.78, 5) is 16.4. The van der Waals surface area contributed by atoms with Gasteiger partial charge >= 0.3 is 5.97 Å². The number of hydrogen-bond acceptors (Lipinski definition) is 4. The van der Waals surface area contributed by atoms with Crippen LogP contribution in [0.15, 0.2) is 30.6 Å². The van der Waals surface area contributed by atoms with Crippen molar-refractivity contribution in [3.8, 4) is 0 Å². The largest absolute Gasteiger partial charge is 0.455 e. The van der Waals surface area contributed by atoms with Crippen LogP contribution in [0.5, 0.6) is 0 Å². The van der Waals surface area contributed by atoms with Gasteiger partial charge in [-0.1, -0.05) is 6.07 Å². The molecule has 0 N–H and O–H groups in total. The lowest BCUT2D eigenvalue weighted by Crippen LogP contribution is -2.28. The van der Waals surface area contributed by atoms with Gasteiger partial charge < -0.3 is 9.47 Å². The van der Waals surface area contributed by atoms with Crippen LogP contribution in [0, 0.1) is 0 Å². The van der Waals surface area contributed by atoms with E-state index in [0.717, 1.165) is 24.9 Å². The minimum Gasteiger partial charge on any atom is -0.455 e. The predicted octanol–water partition coefficient (Wildman–Crippen LogP) is 2.06. The van der Waals surface area contributed by atoms with Gasteiger partial charge in [0.25, 0.3) is 0 Å². The Morgan fingerprint density at radius 2 is 2.21 bits per heavy atom. The summed E-state index contributed by atoms with van der Waals surface area (Å²) in [6, 6.07) is 5.60. The van der Waals surface area contributed by atoms with E-state index in [-0.39, 0.29) is 18.2 Å². The summed E-state index contributed by atoms with van der Waals surface area (Å²) in [7, 11) is 1.66. The zero-order valence-electron chi connectivity index (χ0n) is 10.8. The van der Waals surface area contributed by atoms with Crippen LogP contribution in [0.25, 0.3) is 5.65 Å². The zero-order chi connectivity index (χ0) is 13.2. The molecule has 5 heteroatoms. The first kappa shape index (κ1) is 12.2. The number of ether oxygens (including phenoxy) is 2. The average molecular weight is 260 g/mol. The Kier molecular flexibility index (Phi) is 3.21. The number of rotatable bonds is 3. The number of pyridine rings is 1. The van der Waals surface area contributed by atoms with Gasteiger partial charge in [-0.2, -0.15) is 0 Å². The molecule has 5 nitrogen and oxygen atoms in total. The molecule has 0 radical (unpaired) electrons. The Bertz CT molecular complexity index is 593. The van der Waals surface area contributed by atoms with Crippen LogP contribution in [0.3, 0.4) is 0 Å². The smallest absolute Gasteiger partial charge is 0.357 e. The average Bonchev–Trinajstić information content (AvgIpc) is 3.04. The third-order valence-electron chi connectivity index (χ3n) is 3.58. The van der Waals surface area contributed by atoms with Gasteiger partial charge in [-0.25, -0.2) is 9.78 Å². The van der Waals surface area contributed by atoms with E-state index in [2.05, 4.69) is 4.98 Å². The number of aromatic nitrogens is 2. The molecule has 0 aromatic carbocycles. The Morgan fingerprint density at radius 1 is 1.37 bits per heavy atom. The van der Waals surface area contributed by atoms with Gasteiger partial charge in [0, 0.05) is 13.3 Å². The fraction of sp³-hybridized carbons (Fsp3) is 0.429. The van der Waals surface area contributed by atoms with Gasteiger partial charge in [-0.15, -0.1) is 0 Å². The number of methoxy groups -OCH3 is 1. The summed E-state index contributed by atoms with van der Waals surface area (Å²) < 4.78 is 12.6. The molecule has 1 aliphatic rings. The standard InChI is InChI=1S/C14H16N2O3/c1-18-11-5-4-6-12(11)19-14(17)10-9-15-13-7-2-3-8-16(10)13/h2-3,7-9,11-12H,4-6H2,1H3. The molecule has 3 rings (SSSR count). The maximum Gasteiger partial charge on any atom is 0.357 e. The Morgan fingerprint density at radius 3 is 3.05 bits per heavy atom. The quantitative estimate of drug-likeness (QED) is 0.793. The van der Waals surface area contributed by atoms with Gasteiger partial charge in [0.2, 0.25) is 0 Å². The predicted molar refractivity (Wildman–Crippen MR) is 69.0 cm³/mol. The minimum atomic E-state index is -0.340. The molecule has 19 heavy (non-hydrogen) atoms. The number of carbonyl (C=O) groups excluding carboxylic acids is 1. The van der Waals surface area contributed by atoms with Crippen LogP contribution in [-0.4, -0.2) is 34.7 Å². The third-order valence-corrected chi connectivity index (χ3v) is 3.58. The highest BCUT2D eigenvalue weighted by atomic mass is 16.6. The summed E-state index contributed by atoms with van der Waals surface area (Å²) in [6.45, 7) is 0. The molecule has 1 fully saturated rings. The molecule has 2 heterocycles. The molecule has 2 atom stereocenters. The second-order valence-electron chi connectivity index (χ2n) is 4.72. The van der Waals surface area contributed by atoms with E-state index >= 15 is 0 Å². The lowest BCUT2D eigenvalue weighted by molar-refractivity contribution is -0.0211. The zero-order valence-corrected chi connectivity index (χ0v) is 10.8. The van der Waals surface area contributed by atoms with Crippen molar-refractivity contribution in [2.75, 3.05) is 7.11 Å². The molecular formula is C14H16N2O3. The van der Waals surface area contributed by atoms with Crippen molar-refractivity contribution in [2.24, 2.45) is 0 Å². The topological polar surface area (TPSA) is 52.8 Å². The molecule has 0 spiro atoms. The number of hydrogen-bond donors (Lipinski definition) is 0. The highest BCUT2D eigenvalue weighted by Crippen LogP contribution is 2.25. The van der Waals surface area contributed by atoms with Crippen LogP contribution in [0.1, 0.15) is 29.8 Å². The van der Waals surface area contributed by atoms with Crippen molar-refractivity contribution in [1.29, 1.82) is 0 Å². The van der Waals surface area contributed by atoms with E-state index in [4.69, 9.17) is 9.47 Å². The molecular weight excluding hydrogens is 244 g/mol. The molecule has 100 valence electrons. The summed E-state index contributed by atoms with van der Waals surface area (Å²) in [5, 5.41) is 0. The molecule has 0 bridgehead atoms. The van der Waals surface area contributed by atoms with E-state index in [9.17, 15) is 4.79 Å². The van der Waals surface area contributed by atoms with Crippen LogP contribution >= 0.6 is 0 Å². The van der Waals surface area contributed by atoms with Crippen LogP contribution in [-0.2, 0) is 9.47 Å².